The number of ether oxygens (including phenoxy) is 1. The normalized spacial score (nSPS) is 19.7. The van der Waals surface area contributed by atoms with Gasteiger partial charge in [0.25, 0.3) is 0 Å². The molecular weight excluding hydrogens is 460 g/mol. The van der Waals surface area contributed by atoms with E-state index in [0.717, 1.165) is 52.3 Å². The molecule has 0 unspecified atom stereocenters. The van der Waals surface area contributed by atoms with Gasteiger partial charge in [-0.15, -0.1) is 11.3 Å². The number of pyridine rings is 1. The highest BCUT2D eigenvalue weighted by Gasteiger charge is 2.28. The molecule has 0 radical (unpaired) electrons. The van der Waals surface area contributed by atoms with Crippen LogP contribution in [0.3, 0.4) is 0 Å². The van der Waals surface area contributed by atoms with Gasteiger partial charge in [-0.3, -0.25) is 0 Å². The minimum atomic E-state index is -3.17. The highest BCUT2D eigenvalue weighted by atomic mass is 32.2. The van der Waals surface area contributed by atoms with Crippen LogP contribution < -0.4 is 9.46 Å². The monoisotopic (exact) mass is 488 g/mol. The van der Waals surface area contributed by atoms with E-state index in [1.54, 1.807) is 23.0 Å². The van der Waals surface area contributed by atoms with Gasteiger partial charge in [-0.1, -0.05) is 13.8 Å². The zero-order chi connectivity index (χ0) is 23.3. The fraction of sp³-hybridized carbons (Fsp3) is 0.500. The van der Waals surface area contributed by atoms with Gasteiger partial charge in [-0.05, 0) is 37.7 Å². The molecule has 1 aliphatic rings. The van der Waals surface area contributed by atoms with E-state index in [0.29, 0.717) is 17.3 Å². The first-order valence-corrected chi connectivity index (χ1v) is 13.8. The molecule has 0 aliphatic heterocycles. The minimum Gasteiger partial charge on any atom is -0.493 e. The summed E-state index contributed by atoms with van der Waals surface area (Å²) in [5.74, 6) is 1.31. The molecule has 0 saturated heterocycles. The number of methoxy groups -OCH3 is 1. The molecule has 1 aliphatic carbocycles. The Morgan fingerprint density at radius 3 is 2.70 bits per heavy atom. The third-order valence-electron chi connectivity index (χ3n) is 6.29. The van der Waals surface area contributed by atoms with E-state index in [-0.39, 0.29) is 12.0 Å². The SMILES string of the molecule is COc1cc(-c2[nH]c3sc(C4CCC(NS(C)(=O)=O)CC4)nc3c2C(C)C)cn2ncnc12. The lowest BCUT2D eigenvalue weighted by molar-refractivity contribution is 0.374. The summed E-state index contributed by atoms with van der Waals surface area (Å²) in [5, 5.41) is 5.42. The lowest BCUT2D eigenvalue weighted by atomic mass is 9.87. The Morgan fingerprint density at radius 1 is 1.27 bits per heavy atom. The van der Waals surface area contributed by atoms with Gasteiger partial charge in [0.05, 0.1) is 24.1 Å². The molecule has 0 aromatic carbocycles. The highest BCUT2D eigenvalue weighted by molar-refractivity contribution is 7.88. The van der Waals surface area contributed by atoms with Crippen LogP contribution in [0.25, 0.3) is 27.3 Å². The summed E-state index contributed by atoms with van der Waals surface area (Å²) in [6, 6.07) is 2.02. The molecule has 0 amide bonds. The molecule has 11 heteroatoms. The summed E-state index contributed by atoms with van der Waals surface area (Å²) in [6.45, 7) is 4.36. The predicted octanol–water partition coefficient (Wildman–Crippen LogP) is 4.04. The van der Waals surface area contributed by atoms with Crippen LogP contribution in [0.4, 0.5) is 0 Å². The number of H-pyrrole nitrogens is 1. The van der Waals surface area contributed by atoms with E-state index in [1.165, 1.54) is 18.1 Å². The Hall–Kier alpha value is -2.50. The molecule has 1 saturated carbocycles. The van der Waals surface area contributed by atoms with Crippen molar-refractivity contribution in [3.63, 3.8) is 0 Å². The third kappa shape index (κ3) is 4.24. The Balaban J connectivity index is 1.48. The van der Waals surface area contributed by atoms with Gasteiger partial charge < -0.3 is 9.72 Å². The Kier molecular flexibility index (Phi) is 5.66. The zero-order valence-corrected chi connectivity index (χ0v) is 20.8. The van der Waals surface area contributed by atoms with Crippen LogP contribution >= 0.6 is 11.3 Å². The van der Waals surface area contributed by atoms with Crippen molar-refractivity contribution in [3.8, 4) is 17.0 Å². The van der Waals surface area contributed by atoms with Crippen LogP contribution in [0.1, 0.15) is 61.9 Å². The van der Waals surface area contributed by atoms with Gasteiger partial charge in [0.15, 0.2) is 11.4 Å². The second-order valence-electron chi connectivity index (χ2n) is 9.06. The Labute approximate surface area is 196 Å². The van der Waals surface area contributed by atoms with Crippen LogP contribution in [-0.2, 0) is 10.0 Å². The molecule has 4 heterocycles. The van der Waals surface area contributed by atoms with E-state index in [1.807, 2.05) is 12.3 Å². The number of thiazole rings is 1. The Bertz CT molecular complexity index is 1410. The average molecular weight is 489 g/mol. The predicted molar refractivity (Wildman–Crippen MR) is 130 cm³/mol. The summed E-state index contributed by atoms with van der Waals surface area (Å²) in [7, 11) is -1.53. The summed E-state index contributed by atoms with van der Waals surface area (Å²) in [4.78, 5) is 14.0. The molecule has 0 atom stereocenters. The maximum absolute atomic E-state index is 11.5. The first kappa shape index (κ1) is 22.3. The lowest BCUT2D eigenvalue weighted by Gasteiger charge is -2.27. The molecule has 176 valence electrons. The second kappa shape index (κ2) is 8.37. The number of sulfonamides is 1. The van der Waals surface area contributed by atoms with E-state index < -0.39 is 10.0 Å². The smallest absolute Gasteiger partial charge is 0.208 e. The molecule has 9 nitrogen and oxygen atoms in total. The van der Waals surface area contributed by atoms with Crippen molar-refractivity contribution in [2.24, 2.45) is 0 Å². The van der Waals surface area contributed by atoms with Crippen LogP contribution in [0.15, 0.2) is 18.6 Å². The largest absolute Gasteiger partial charge is 0.493 e. The van der Waals surface area contributed by atoms with Gasteiger partial charge in [0, 0.05) is 29.3 Å². The zero-order valence-electron chi connectivity index (χ0n) is 19.1. The van der Waals surface area contributed by atoms with Gasteiger partial charge in [0.1, 0.15) is 16.7 Å². The molecule has 2 N–H and O–H groups in total. The van der Waals surface area contributed by atoms with Crippen molar-refractivity contribution in [1.82, 2.24) is 29.3 Å². The molecule has 0 spiro atoms. The van der Waals surface area contributed by atoms with Gasteiger partial charge in [-0.25, -0.2) is 27.6 Å². The van der Waals surface area contributed by atoms with E-state index in [4.69, 9.17) is 9.72 Å². The number of hydrogen-bond acceptors (Lipinski definition) is 7. The minimum absolute atomic E-state index is 0.0283. The highest BCUT2D eigenvalue weighted by Crippen LogP contribution is 2.42. The first-order chi connectivity index (χ1) is 15.7. The number of nitrogens with zero attached hydrogens (tertiary/aromatic N) is 4. The number of nitrogens with one attached hydrogen (secondary N) is 2. The molecule has 4 aromatic heterocycles. The van der Waals surface area contributed by atoms with E-state index >= 15 is 0 Å². The van der Waals surface area contributed by atoms with E-state index in [2.05, 4.69) is 33.6 Å². The summed E-state index contributed by atoms with van der Waals surface area (Å²) in [5.41, 5.74) is 4.90. The fourth-order valence-corrected chi connectivity index (χ4v) is 6.81. The molecule has 1 fully saturated rings. The second-order valence-corrected chi connectivity index (χ2v) is 11.9. The quantitative estimate of drug-likeness (QED) is 0.423. The lowest BCUT2D eigenvalue weighted by Crippen LogP contribution is -2.36. The first-order valence-electron chi connectivity index (χ1n) is 11.1. The Morgan fingerprint density at radius 2 is 2.03 bits per heavy atom. The van der Waals surface area contributed by atoms with Crippen molar-refractivity contribution in [3.05, 3.63) is 29.2 Å². The molecule has 5 rings (SSSR count). The van der Waals surface area contributed by atoms with Crippen LogP contribution in [0.2, 0.25) is 0 Å². The average Bonchev–Trinajstić information content (AvgIpc) is 3.46. The van der Waals surface area contributed by atoms with Gasteiger partial charge in [0.2, 0.25) is 10.0 Å². The van der Waals surface area contributed by atoms with Crippen LogP contribution in [0.5, 0.6) is 5.75 Å². The van der Waals surface area contributed by atoms with Gasteiger partial charge >= 0.3 is 0 Å². The third-order valence-corrected chi connectivity index (χ3v) is 8.19. The van der Waals surface area contributed by atoms with Crippen molar-refractivity contribution < 1.29 is 13.2 Å². The summed E-state index contributed by atoms with van der Waals surface area (Å²) < 4.78 is 33.1. The van der Waals surface area contributed by atoms with Gasteiger partial charge in [-0.2, -0.15) is 5.10 Å². The van der Waals surface area contributed by atoms with Crippen LogP contribution in [-0.4, -0.2) is 52.4 Å². The van der Waals surface area contributed by atoms with Crippen LogP contribution in [0, 0.1) is 0 Å². The molecule has 0 bridgehead atoms. The van der Waals surface area contributed by atoms with Crippen molar-refractivity contribution in [2.45, 2.75) is 57.4 Å². The number of fused-ring (bicyclic) bond motifs is 2. The van der Waals surface area contributed by atoms with E-state index in [9.17, 15) is 8.42 Å². The topological polar surface area (TPSA) is 114 Å². The van der Waals surface area contributed by atoms with Crippen molar-refractivity contribution in [1.29, 1.82) is 0 Å². The fourth-order valence-electron chi connectivity index (χ4n) is 4.81. The molecule has 33 heavy (non-hydrogen) atoms. The maximum Gasteiger partial charge on any atom is 0.208 e. The summed E-state index contributed by atoms with van der Waals surface area (Å²) >= 11 is 1.71. The van der Waals surface area contributed by atoms with Crippen molar-refractivity contribution >= 4 is 37.4 Å². The van der Waals surface area contributed by atoms with Crippen molar-refractivity contribution in [2.75, 3.05) is 13.4 Å². The number of aromatic nitrogens is 5. The number of rotatable bonds is 6. The molecular formula is C22H28N6O3S2. The standard InChI is InChI=1S/C22H28N6O3S2/c1-12(2)17-18(14-9-16(31-3)20-23-11-24-28(20)10-14)25-22-19(17)26-21(32-22)13-5-7-15(8-6-13)27-33(4,29)30/h9-13,15,25,27H,5-8H2,1-4H3. The number of hydrogen-bond donors (Lipinski definition) is 2. The molecule has 4 aromatic rings. The summed E-state index contributed by atoms with van der Waals surface area (Å²) in [6.07, 6.45) is 8.26. The number of aromatic amines is 1. The maximum atomic E-state index is 11.5.